The summed E-state index contributed by atoms with van der Waals surface area (Å²) in [5.74, 6) is 1.38. The zero-order valence-electron chi connectivity index (χ0n) is 10.2. The first kappa shape index (κ1) is 11.2. The van der Waals surface area contributed by atoms with Gasteiger partial charge in [-0.05, 0) is 54.9 Å². The first-order chi connectivity index (χ1) is 7.69. The molecule has 0 spiro atoms. The van der Waals surface area contributed by atoms with E-state index in [-0.39, 0.29) is 0 Å². The van der Waals surface area contributed by atoms with Crippen LogP contribution in [-0.4, -0.2) is 13.4 Å². The number of aryl methyl sites for hydroxylation is 1. The molecule has 1 unspecified atom stereocenters. The van der Waals surface area contributed by atoms with Gasteiger partial charge in [-0.15, -0.1) is 0 Å². The summed E-state index contributed by atoms with van der Waals surface area (Å²) < 4.78 is 5.41. The lowest BCUT2D eigenvalue weighted by molar-refractivity contribution is 0.112. The molecule has 0 bridgehead atoms. The minimum Gasteiger partial charge on any atom is -0.496 e. The van der Waals surface area contributed by atoms with E-state index in [0.717, 1.165) is 18.5 Å². The Morgan fingerprint density at radius 2 is 2.25 bits per heavy atom. The van der Waals surface area contributed by atoms with Crippen LogP contribution in [0.2, 0.25) is 0 Å². The lowest BCUT2D eigenvalue weighted by Gasteiger charge is -2.27. The quantitative estimate of drug-likeness (QED) is 0.712. The van der Waals surface area contributed by atoms with Gasteiger partial charge in [0.2, 0.25) is 0 Å². The zero-order chi connectivity index (χ0) is 11.7. The SMILES string of the molecule is COc1c(C=O)cc(C)c2c1CCCC2C. The van der Waals surface area contributed by atoms with Crippen molar-refractivity contribution in [3.63, 3.8) is 0 Å². The third-order valence-electron chi connectivity index (χ3n) is 3.55. The van der Waals surface area contributed by atoms with Gasteiger partial charge in [-0.3, -0.25) is 4.79 Å². The molecule has 1 atom stereocenters. The number of hydrogen-bond donors (Lipinski definition) is 0. The van der Waals surface area contributed by atoms with Gasteiger partial charge in [0.25, 0.3) is 0 Å². The van der Waals surface area contributed by atoms with Crippen molar-refractivity contribution >= 4 is 6.29 Å². The van der Waals surface area contributed by atoms with Crippen LogP contribution < -0.4 is 4.74 Å². The van der Waals surface area contributed by atoms with Gasteiger partial charge in [0.15, 0.2) is 6.29 Å². The summed E-state index contributed by atoms with van der Waals surface area (Å²) in [7, 11) is 1.65. The Morgan fingerprint density at radius 3 is 2.88 bits per heavy atom. The van der Waals surface area contributed by atoms with Crippen molar-refractivity contribution in [2.45, 2.75) is 39.0 Å². The molecule has 86 valence electrons. The summed E-state index contributed by atoms with van der Waals surface area (Å²) in [5.41, 5.74) is 4.56. The van der Waals surface area contributed by atoms with Crippen LogP contribution in [0.4, 0.5) is 0 Å². The minimum atomic E-state index is 0.582. The molecule has 0 N–H and O–H groups in total. The van der Waals surface area contributed by atoms with E-state index in [1.54, 1.807) is 7.11 Å². The number of carbonyl (C=O) groups is 1. The monoisotopic (exact) mass is 218 g/mol. The predicted octanol–water partition coefficient (Wildman–Crippen LogP) is 3.26. The summed E-state index contributed by atoms with van der Waals surface area (Å²) in [5, 5.41) is 0. The Hall–Kier alpha value is -1.31. The Bertz CT molecular complexity index is 421. The van der Waals surface area contributed by atoms with Crippen LogP contribution in [0.5, 0.6) is 5.75 Å². The summed E-state index contributed by atoms with van der Waals surface area (Å²) in [6, 6.07) is 1.95. The lowest BCUT2D eigenvalue weighted by atomic mass is 9.80. The maximum Gasteiger partial charge on any atom is 0.153 e. The number of aldehydes is 1. The van der Waals surface area contributed by atoms with Crippen LogP contribution in [0.15, 0.2) is 6.07 Å². The second kappa shape index (κ2) is 4.28. The molecule has 0 saturated carbocycles. The van der Waals surface area contributed by atoms with Gasteiger partial charge in [-0.25, -0.2) is 0 Å². The van der Waals surface area contributed by atoms with Gasteiger partial charge in [0.1, 0.15) is 5.75 Å². The normalized spacial score (nSPS) is 19.1. The average Bonchev–Trinajstić information content (AvgIpc) is 2.28. The molecular formula is C14H18O2. The number of carbonyl (C=O) groups excluding carboxylic acids is 1. The standard InChI is InChI=1S/C14H18O2/c1-9-5-4-6-12-13(9)10(2)7-11(8-15)14(12)16-3/h7-9H,4-6H2,1-3H3. The summed E-state index contributed by atoms with van der Waals surface area (Å²) in [6.07, 6.45) is 4.35. The van der Waals surface area contributed by atoms with Crippen molar-refractivity contribution in [2.75, 3.05) is 7.11 Å². The van der Waals surface area contributed by atoms with E-state index in [9.17, 15) is 4.79 Å². The van der Waals surface area contributed by atoms with Crippen molar-refractivity contribution in [2.24, 2.45) is 0 Å². The van der Waals surface area contributed by atoms with Crippen molar-refractivity contribution < 1.29 is 9.53 Å². The van der Waals surface area contributed by atoms with Crippen molar-refractivity contribution in [1.29, 1.82) is 0 Å². The first-order valence-electron chi connectivity index (χ1n) is 5.84. The topological polar surface area (TPSA) is 26.3 Å². The Morgan fingerprint density at radius 1 is 1.50 bits per heavy atom. The largest absolute Gasteiger partial charge is 0.496 e. The number of fused-ring (bicyclic) bond motifs is 1. The third kappa shape index (κ3) is 1.62. The molecule has 0 heterocycles. The molecule has 0 amide bonds. The average molecular weight is 218 g/mol. The number of rotatable bonds is 2. The molecule has 0 radical (unpaired) electrons. The van der Waals surface area contributed by atoms with Crippen LogP contribution in [0, 0.1) is 6.92 Å². The van der Waals surface area contributed by atoms with Crippen molar-refractivity contribution in [3.05, 3.63) is 28.3 Å². The number of methoxy groups -OCH3 is 1. The molecule has 1 aromatic rings. The van der Waals surface area contributed by atoms with Gasteiger partial charge in [0.05, 0.1) is 12.7 Å². The van der Waals surface area contributed by atoms with Gasteiger partial charge < -0.3 is 4.74 Å². The van der Waals surface area contributed by atoms with Crippen LogP contribution in [-0.2, 0) is 6.42 Å². The molecular weight excluding hydrogens is 200 g/mol. The van der Waals surface area contributed by atoms with Crippen LogP contribution >= 0.6 is 0 Å². The molecule has 0 saturated heterocycles. The maximum atomic E-state index is 11.0. The van der Waals surface area contributed by atoms with Gasteiger partial charge in [0, 0.05) is 0 Å². The zero-order valence-corrected chi connectivity index (χ0v) is 10.2. The molecule has 0 fully saturated rings. The fourth-order valence-corrected chi connectivity index (χ4v) is 2.90. The fourth-order valence-electron chi connectivity index (χ4n) is 2.90. The van der Waals surface area contributed by atoms with Gasteiger partial charge in [-0.1, -0.05) is 6.92 Å². The third-order valence-corrected chi connectivity index (χ3v) is 3.55. The van der Waals surface area contributed by atoms with E-state index in [1.165, 1.54) is 29.5 Å². The number of hydrogen-bond acceptors (Lipinski definition) is 2. The second-order valence-electron chi connectivity index (χ2n) is 4.62. The highest BCUT2D eigenvalue weighted by molar-refractivity contribution is 5.81. The molecule has 2 nitrogen and oxygen atoms in total. The summed E-state index contributed by atoms with van der Waals surface area (Å²) in [6.45, 7) is 4.35. The van der Waals surface area contributed by atoms with E-state index in [1.807, 2.05) is 6.07 Å². The van der Waals surface area contributed by atoms with Crippen LogP contribution in [0.25, 0.3) is 0 Å². The Balaban J connectivity index is 2.68. The van der Waals surface area contributed by atoms with E-state index in [0.29, 0.717) is 11.5 Å². The van der Waals surface area contributed by atoms with Crippen LogP contribution in [0.1, 0.15) is 52.7 Å². The fraction of sp³-hybridized carbons (Fsp3) is 0.500. The first-order valence-corrected chi connectivity index (χ1v) is 5.84. The van der Waals surface area contributed by atoms with E-state index in [4.69, 9.17) is 4.74 Å². The summed E-state index contributed by atoms with van der Waals surface area (Å²) in [4.78, 5) is 11.0. The highest BCUT2D eigenvalue weighted by Gasteiger charge is 2.23. The molecule has 0 aliphatic heterocycles. The molecule has 2 heteroatoms. The second-order valence-corrected chi connectivity index (χ2v) is 4.62. The number of benzene rings is 1. The molecule has 1 aliphatic carbocycles. The number of ether oxygens (including phenoxy) is 1. The Kier molecular flexibility index (Phi) is 2.99. The highest BCUT2D eigenvalue weighted by Crippen LogP contribution is 2.40. The van der Waals surface area contributed by atoms with Crippen molar-refractivity contribution in [1.82, 2.24) is 0 Å². The molecule has 16 heavy (non-hydrogen) atoms. The molecule has 2 rings (SSSR count). The van der Waals surface area contributed by atoms with E-state index >= 15 is 0 Å². The lowest BCUT2D eigenvalue weighted by Crippen LogP contribution is -2.12. The van der Waals surface area contributed by atoms with E-state index < -0.39 is 0 Å². The Labute approximate surface area is 96.6 Å². The maximum absolute atomic E-state index is 11.0. The van der Waals surface area contributed by atoms with Crippen LogP contribution in [0.3, 0.4) is 0 Å². The van der Waals surface area contributed by atoms with Gasteiger partial charge >= 0.3 is 0 Å². The summed E-state index contributed by atoms with van der Waals surface area (Å²) >= 11 is 0. The smallest absolute Gasteiger partial charge is 0.153 e. The highest BCUT2D eigenvalue weighted by atomic mass is 16.5. The molecule has 0 aromatic heterocycles. The van der Waals surface area contributed by atoms with Gasteiger partial charge in [-0.2, -0.15) is 0 Å². The molecule has 1 aliphatic rings. The van der Waals surface area contributed by atoms with E-state index in [2.05, 4.69) is 13.8 Å². The molecule has 1 aromatic carbocycles. The van der Waals surface area contributed by atoms with Crippen molar-refractivity contribution in [3.8, 4) is 5.75 Å². The minimum absolute atomic E-state index is 0.582. The predicted molar refractivity (Wildman–Crippen MR) is 64.5 cm³/mol.